The van der Waals surface area contributed by atoms with E-state index in [1.165, 1.54) is 0 Å². The summed E-state index contributed by atoms with van der Waals surface area (Å²) in [6, 6.07) is 4.14. The zero-order chi connectivity index (χ0) is 15.8. The van der Waals surface area contributed by atoms with Crippen LogP contribution in [0.1, 0.15) is 20.8 Å². The molecule has 0 bridgehead atoms. The van der Waals surface area contributed by atoms with E-state index in [0.29, 0.717) is 16.7 Å². The molecule has 21 heavy (non-hydrogen) atoms. The summed E-state index contributed by atoms with van der Waals surface area (Å²) < 4.78 is 0. The van der Waals surface area contributed by atoms with Gasteiger partial charge in [0.2, 0.25) is 5.91 Å². The Hall–Kier alpha value is -2.41. The number of anilines is 1. The average molecular weight is 290 g/mol. The fourth-order valence-electron chi connectivity index (χ4n) is 1.81. The molecule has 0 aliphatic rings. The first-order valence-electron chi connectivity index (χ1n) is 6.51. The minimum Gasteiger partial charge on any atom is -0.325 e. The molecule has 0 aliphatic heterocycles. The van der Waals surface area contributed by atoms with Crippen molar-refractivity contribution in [2.45, 2.75) is 26.8 Å². The highest BCUT2D eigenvalue weighted by Gasteiger charge is 2.27. The number of benzene rings is 1. The monoisotopic (exact) mass is 290 g/mol. The van der Waals surface area contributed by atoms with Crippen LogP contribution in [0.2, 0.25) is 0 Å². The highest BCUT2D eigenvalue weighted by Crippen LogP contribution is 2.20. The molecule has 0 radical (unpaired) electrons. The Bertz CT molecular complexity index is 798. The van der Waals surface area contributed by atoms with Gasteiger partial charge in [-0.25, -0.2) is 0 Å². The highest BCUT2D eigenvalue weighted by molar-refractivity contribution is 5.96. The SMILES string of the molecule is CC(C)(C)[C@@H](N)C(=O)Nc1ccc2[nH]c(=O)c(=O)[nH]c2c1. The van der Waals surface area contributed by atoms with Crippen LogP contribution in [0.25, 0.3) is 11.0 Å². The maximum absolute atomic E-state index is 12.1. The number of amides is 1. The van der Waals surface area contributed by atoms with Crippen molar-refractivity contribution in [2.75, 3.05) is 5.32 Å². The van der Waals surface area contributed by atoms with Gasteiger partial charge in [0.15, 0.2) is 0 Å². The first kappa shape index (κ1) is 15.0. The summed E-state index contributed by atoms with van der Waals surface area (Å²) in [5.74, 6) is -0.311. The molecular weight excluding hydrogens is 272 g/mol. The van der Waals surface area contributed by atoms with Gasteiger partial charge in [0, 0.05) is 5.69 Å². The number of nitrogens with one attached hydrogen (secondary N) is 3. The Morgan fingerprint density at radius 2 is 1.71 bits per heavy atom. The molecule has 0 unspecified atom stereocenters. The second kappa shape index (κ2) is 5.17. The molecule has 0 aliphatic carbocycles. The van der Waals surface area contributed by atoms with E-state index in [0.717, 1.165) is 0 Å². The number of hydrogen-bond acceptors (Lipinski definition) is 4. The molecule has 1 atom stereocenters. The first-order valence-corrected chi connectivity index (χ1v) is 6.51. The third-order valence-electron chi connectivity index (χ3n) is 3.21. The van der Waals surface area contributed by atoms with Crippen molar-refractivity contribution in [3.8, 4) is 0 Å². The molecule has 2 rings (SSSR count). The van der Waals surface area contributed by atoms with Crippen LogP contribution < -0.4 is 22.2 Å². The summed E-state index contributed by atoms with van der Waals surface area (Å²) in [7, 11) is 0. The molecule has 1 amide bonds. The highest BCUT2D eigenvalue weighted by atomic mass is 16.2. The lowest BCUT2D eigenvalue weighted by molar-refractivity contribution is -0.119. The zero-order valence-electron chi connectivity index (χ0n) is 12.1. The van der Waals surface area contributed by atoms with E-state index in [4.69, 9.17) is 5.73 Å². The molecule has 0 saturated carbocycles. The van der Waals surface area contributed by atoms with Crippen LogP contribution in [0.5, 0.6) is 0 Å². The maximum atomic E-state index is 12.1. The molecule has 2 aromatic rings. The third-order valence-corrected chi connectivity index (χ3v) is 3.21. The molecule has 5 N–H and O–H groups in total. The molecule has 1 aromatic heterocycles. The Morgan fingerprint density at radius 3 is 2.29 bits per heavy atom. The number of H-pyrrole nitrogens is 2. The number of aromatic nitrogens is 2. The topological polar surface area (TPSA) is 121 Å². The standard InChI is InChI=1S/C14H18N4O3/c1-14(2,3)10(15)11(19)16-7-4-5-8-9(6-7)18-13(21)12(20)17-8/h4-6,10H,15H2,1-3H3,(H,16,19)(H,17,20)(H,18,21)/t10-/m0/s1. The molecule has 7 nitrogen and oxygen atoms in total. The van der Waals surface area contributed by atoms with Crippen LogP contribution >= 0.6 is 0 Å². The summed E-state index contributed by atoms with van der Waals surface area (Å²) in [5.41, 5.74) is 5.48. The summed E-state index contributed by atoms with van der Waals surface area (Å²) in [4.78, 5) is 39.5. The Labute approximate surface area is 120 Å². The van der Waals surface area contributed by atoms with Crippen LogP contribution in [0.15, 0.2) is 27.8 Å². The molecule has 1 aromatic carbocycles. The van der Waals surface area contributed by atoms with Gasteiger partial charge in [0.1, 0.15) is 0 Å². The largest absolute Gasteiger partial charge is 0.325 e. The Balaban J connectivity index is 2.32. The number of fused-ring (bicyclic) bond motifs is 1. The molecule has 0 saturated heterocycles. The van der Waals surface area contributed by atoms with E-state index >= 15 is 0 Å². The van der Waals surface area contributed by atoms with Crippen molar-refractivity contribution in [1.82, 2.24) is 9.97 Å². The summed E-state index contributed by atoms with van der Waals surface area (Å²) in [6.07, 6.45) is 0. The van der Waals surface area contributed by atoms with Crippen molar-refractivity contribution in [3.05, 3.63) is 38.9 Å². The summed E-state index contributed by atoms with van der Waals surface area (Å²) >= 11 is 0. The predicted molar refractivity (Wildman–Crippen MR) is 81.2 cm³/mol. The number of rotatable bonds is 2. The molecule has 0 fully saturated rings. The Morgan fingerprint density at radius 1 is 1.14 bits per heavy atom. The first-order chi connectivity index (χ1) is 9.68. The maximum Gasteiger partial charge on any atom is 0.314 e. The van der Waals surface area contributed by atoms with Gasteiger partial charge in [-0.2, -0.15) is 0 Å². The van der Waals surface area contributed by atoms with E-state index in [1.807, 2.05) is 20.8 Å². The van der Waals surface area contributed by atoms with Crippen molar-refractivity contribution in [1.29, 1.82) is 0 Å². The van der Waals surface area contributed by atoms with Crippen LogP contribution in [-0.4, -0.2) is 21.9 Å². The van der Waals surface area contributed by atoms with E-state index in [1.54, 1.807) is 18.2 Å². The van der Waals surface area contributed by atoms with Crippen molar-refractivity contribution >= 4 is 22.6 Å². The van der Waals surface area contributed by atoms with Crippen molar-refractivity contribution in [3.63, 3.8) is 0 Å². The minimum atomic E-state index is -0.739. The second-order valence-corrected chi connectivity index (χ2v) is 6.00. The second-order valence-electron chi connectivity index (χ2n) is 6.00. The number of aromatic amines is 2. The van der Waals surface area contributed by atoms with Crippen LogP contribution in [0, 0.1) is 5.41 Å². The molecule has 1 heterocycles. The van der Waals surface area contributed by atoms with Gasteiger partial charge in [-0.3, -0.25) is 14.4 Å². The smallest absolute Gasteiger partial charge is 0.314 e. The van der Waals surface area contributed by atoms with Crippen molar-refractivity contribution < 1.29 is 4.79 Å². The van der Waals surface area contributed by atoms with E-state index in [9.17, 15) is 14.4 Å². The van der Waals surface area contributed by atoms with Gasteiger partial charge >= 0.3 is 11.1 Å². The normalized spacial score (nSPS) is 13.1. The van der Waals surface area contributed by atoms with Crippen LogP contribution in [0.3, 0.4) is 0 Å². The van der Waals surface area contributed by atoms with Gasteiger partial charge in [0.05, 0.1) is 17.1 Å². The molecule has 7 heteroatoms. The number of hydrogen-bond donors (Lipinski definition) is 4. The lowest BCUT2D eigenvalue weighted by Crippen LogP contribution is -2.45. The van der Waals surface area contributed by atoms with Crippen LogP contribution in [-0.2, 0) is 4.79 Å². The van der Waals surface area contributed by atoms with Gasteiger partial charge in [-0.05, 0) is 23.6 Å². The predicted octanol–water partition coefficient (Wildman–Crippen LogP) is 0.528. The lowest BCUT2D eigenvalue weighted by atomic mass is 9.87. The number of nitrogens with two attached hydrogens (primary N) is 1. The lowest BCUT2D eigenvalue weighted by Gasteiger charge is -2.25. The van der Waals surface area contributed by atoms with E-state index in [2.05, 4.69) is 15.3 Å². The number of carbonyl (C=O) groups is 1. The summed E-state index contributed by atoms with van der Waals surface area (Å²) in [6.45, 7) is 5.62. The van der Waals surface area contributed by atoms with E-state index < -0.39 is 17.2 Å². The van der Waals surface area contributed by atoms with Crippen LogP contribution in [0.4, 0.5) is 5.69 Å². The fourth-order valence-corrected chi connectivity index (χ4v) is 1.81. The van der Waals surface area contributed by atoms with E-state index in [-0.39, 0.29) is 11.3 Å². The van der Waals surface area contributed by atoms with Gasteiger partial charge in [-0.1, -0.05) is 20.8 Å². The number of carbonyl (C=O) groups excluding carboxylic acids is 1. The molecule has 0 spiro atoms. The van der Waals surface area contributed by atoms with Gasteiger partial charge in [0.25, 0.3) is 0 Å². The Kier molecular flexibility index (Phi) is 3.69. The zero-order valence-corrected chi connectivity index (χ0v) is 12.1. The summed E-state index contributed by atoms with van der Waals surface area (Å²) in [5, 5.41) is 2.70. The van der Waals surface area contributed by atoms with Gasteiger partial charge in [-0.15, -0.1) is 0 Å². The average Bonchev–Trinajstić information content (AvgIpc) is 2.38. The van der Waals surface area contributed by atoms with Gasteiger partial charge < -0.3 is 21.0 Å². The molecule has 112 valence electrons. The molecular formula is C14H18N4O3. The quantitative estimate of drug-likeness (QED) is 0.603. The third kappa shape index (κ3) is 3.19. The minimum absolute atomic E-state index is 0.311. The fraction of sp³-hybridized carbons (Fsp3) is 0.357. The van der Waals surface area contributed by atoms with Crippen molar-refractivity contribution in [2.24, 2.45) is 11.1 Å².